The van der Waals surface area contributed by atoms with Gasteiger partial charge in [0.05, 0.1) is 6.61 Å². The zero-order chi connectivity index (χ0) is 15.0. The van der Waals surface area contributed by atoms with Crippen molar-refractivity contribution >= 4 is 16.9 Å². The maximum atomic E-state index is 11.9. The number of carbonyl (C=O) groups is 1. The van der Waals surface area contributed by atoms with Crippen LogP contribution < -0.4 is 0 Å². The Hall–Kier alpha value is -1.81. The minimum atomic E-state index is -0.160. The van der Waals surface area contributed by atoms with Gasteiger partial charge in [-0.3, -0.25) is 4.79 Å². The highest BCUT2D eigenvalue weighted by Gasteiger charge is 2.24. The smallest absolute Gasteiger partial charge is 0.325 e. The molecule has 0 spiro atoms. The number of nitrogens with zero attached hydrogens (tertiary/aromatic N) is 2. The summed E-state index contributed by atoms with van der Waals surface area (Å²) < 4.78 is 7.28. The number of aryl methyl sites for hydroxylation is 1. The molecule has 0 amide bonds. The molecule has 1 aliphatic rings. The predicted molar refractivity (Wildman–Crippen MR) is 83.3 cm³/mol. The minimum Gasteiger partial charge on any atom is -0.465 e. The van der Waals surface area contributed by atoms with Crippen LogP contribution in [-0.4, -0.2) is 35.6 Å². The first kappa shape index (κ1) is 14.1. The summed E-state index contributed by atoms with van der Waals surface area (Å²) in [6.07, 6.45) is 1.04. The van der Waals surface area contributed by atoms with E-state index in [1.54, 1.807) is 0 Å². The van der Waals surface area contributed by atoms with Crippen molar-refractivity contribution in [2.75, 3.05) is 20.2 Å². The van der Waals surface area contributed by atoms with Gasteiger partial charge in [-0.1, -0.05) is 12.1 Å². The van der Waals surface area contributed by atoms with Crippen LogP contribution in [-0.2, 0) is 29.0 Å². The van der Waals surface area contributed by atoms with E-state index in [2.05, 4.69) is 41.6 Å². The summed E-state index contributed by atoms with van der Waals surface area (Å²) in [6.45, 7) is 6.69. The lowest BCUT2D eigenvalue weighted by Gasteiger charge is -2.24. The highest BCUT2D eigenvalue weighted by atomic mass is 16.5. The van der Waals surface area contributed by atoms with Crippen LogP contribution in [0.4, 0.5) is 0 Å². The number of carbonyl (C=O) groups excluding carboxylic acids is 1. The molecule has 1 aliphatic heterocycles. The first-order chi connectivity index (χ1) is 10.1. The molecule has 0 aliphatic carbocycles. The molecular formula is C17H22N2O2. The molecule has 0 unspecified atom stereocenters. The fraction of sp³-hybridized carbons (Fsp3) is 0.471. The van der Waals surface area contributed by atoms with Crippen LogP contribution in [0.3, 0.4) is 0 Å². The first-order valence-electron chi connectivity index (χ1n) is 7.55. The van der Waals surface area contributed by atoms with Crippen molar-refractivity contribution in [3.8, 4) is 0 Å². The second-order valence-corrected chi connectivity index (χ2v) is 5.77. The van der Waals surface area contributed by atoms with E-state index >= 15 is 0 Å². The van der Waals surface area contributed by atoms with Gasteiger partial charge in [-0.15, -0.1) is 0 Å². The molecule has 0 N–H and O–H groups in total. The molecule has 1 aromatic heterocycles. The number of likely N-dealkylation sites (N-methyl/N-ethyl adjacent to an activating group) is 1. The minimum absolute atomic E-state index is 0.160. The van der Waals surface area contributed by atoms with E-state index in [4.69, 9.17) is 4.74 Å². The topological polar surface area (TPSA) is 34.5 Å². The summed E-state index contributed by atoms with van der Waals surface area (Å²) in [7, 11) is 2.13. The van der Waals surface area contributed by atoms with Gasteiger partial charge in [-0.25, -0.2) is 0 Å². The largest absolute Gasteiger partial charge is 0.465 e. The van der Waals surface area contributed by atoms with Gasteiger partial charge in [0, 0.05) is 29.7 Å². The van der Waals surface area contributed by atoms with Gasteiger partial charge in [-0.05, 0) is 44.5 Å². The molecule has 4 nitrogen and oxygen atoms in total. The normalized spacial score (nSPS) is 15.2. The van der Waals surface area contributed by atoms with E-state index in [9.17, 15) is 4.79 Å². The number of benzene rings is 1. The number of aromatic nitrogens is 1. The van der Waals surface area contributed by atoms with Crippen molar-refractivity contribution in [2.24, 2.45) is 0 Å². The molecular weight excluding hydrogens is 264 g/mol. The lowest BCUT2D eigenvalue weighted by molar-refractivity contribution is -0.143. The number of hydrogen-bond acceptors (Lipinski definition) is 3. The molecule has 2 heterocycles. The second-order valence-electron chi connectivity index (χ2n) is 5.77. The molecule has 0 radical (unpaired) electrons. The number of rotatable bonds is 3. The standard InChI is InChI=1S/C17H22N2O2/c1-4-21-16(20)11-19-14-7-5-6-12(2)17(14)13-8-9-18(3)10-15(13)19/h5-7H,4,8-11H2,1-3H3. The van der Waals surface area contributed by atoms with Gasteiger partial charge in [0.25, 0.3) is 0 Å². The van der Waals surface area contributed by atoms with E-state index in [-0.39, 0.29) is 5.97 Å². The summed E-state index contributed by atoms with van der Waals surface area (Å²) in [4.78, 5) is 14.3. The van der Waals surface area contributed by atoms with E-state index < -0.39 is 0 Å². The molecule has 2 aromatic rings. The SMILES string of the molecule is CCOC(=O)Cn1c2c(c3c(C)cccc31)CCN(C)C2. The third-order valence-corrected chi connectivity index (χ3v) is 4.27. The Morgan fingerprint density at radius 1 is 1.38 bits per heavy atom. The number of ether oxygens (including phenoxy) is 1. The van der Waals surface area contributed by atoms with Crippen molar-refractivity contribution in [1.82, 2.24) is 9.47 Å². The molecule has 3 rings (SSSR count). The van der Waals surface area contributed by atoms with E-state index in [1.165, 1.54) is 22.2 Å². The summed E-state index contributed by atoms with van der Waals surface area (Å²) in [6, 6.07) is 6.32. The van der Waals surface area contributed by atoms with Crippen LogP contribution in [0.1, 0.15) is 23.7 Å². The molecule has 0 saturated carbocycles. The highest BCUT2D eigenvalue weighted by Crippen LogP contribution is 2.32. The molecule has 21 heavy (non-hydrogen) atoms. The zero-order valence-corrected chi connectivity index (χ0v) is 13.0. The van der Waals surface area contributed by atoms with Gasteiger partial charge in [0.15, 0.2) is 0 Å². The molecule has 0 saturated heterocycles. The fourth-order valence-electron chi connectivity index (χ4n) is 3.33. The van der Waals surface area contributed by atoms with Crippen LogP contribution in [0.25, 0.3) is 10.9 Å². The van der Waals surface area contributed by atoms with Crippen molar-refractivity contribution < 1.29 is 9.53 Å². The van der Waals surface area contributed by atoms with E-state index in [0.29, 0.717) is 13.2 Å². The number of esters is 1. The number of hydrogen-bond donors (Lipinski definition) is 0. The Morgan fingerprint density at radius 3 is 2.95 bits per heavy atom. The lowest BCUT2D eigenvalue weighted by Crippen LogP contribution is -2.28. The molecule has 1 aromatic carbocycles. The van der Waals surface area contributed by atoms with Gasteiger partial charge in [0.2, 0.25) is 0 Å². The quantitative estimate of drug-likeness (QED) is 0.813. The Labute approximate surface area is 125 Å². The maximum absolute atomic E-state index is 11.9. The molecule has 0 atom stereocenters. The van der Waals surface area contributed by atoms with E-state index in [1.807, 2.05) is 6.92 Å². The van der Waals surface area contributed by atoms with Crippen molar-refractivity contribution in [3.05, 3.63) is 35.0 Å². The van der Waals surface area contributed by atoms with Crippen molar-refractivity contribution in [1.29, 1.82) is 0 Å². The van der Waals surface area contributed by atoms with Crippen LogP contribution in [0.5, 0.6) is 0 Å². The average Bonchev–Trinajstić information content (AvgIpc) is 2.74. The number of fused-ring (bicyclic) bond motifs is 3. The lowest BCUT2D eigenvalue weighted by atomic mass is 10.0. The van der Waals surface area contributed by atoms with Gasteiger partial charge in [-0.2, -0.15) is 0 Å². The van der Waals surface area contributed by atoms with Crippen LogP contribution in [0, 0.1) is 6.92 Å². The summed E-state index contributed by atoms with van der Waals surface area (Å²) in [5.41, 5.74) is 5.12. The van der Waals surface area contributed by atoms with Crippen LogP contribution >= 0.6 is 0 Å². The summed E-state index contributed by atoms with van der Waals surface area (Å²) >= 11 is 0. The maximum Gasteiger partial charge on any atom is 0.325 e. The molecule has 0 bridgehead atoms. The van der Waals surface area contributed by atoms with Crippen molar-refractivity contribution in [3.63, 3.8) is 0 Å². The summed E-state index contributed by atoms with van der Waals surface area (Å²) in [5, 5.41) is 1.32. The van der Waals surface area contributed by atoms with E-state index in [0.717, 1.165) is 25.0 Å². The molecule has 0 fully saturated rings. The summed E-state index contributed by atoms with van der Waals surface area (Å²) in [5.74, 6) is -0.160. The van der Waals surface area contributed by atoms with Gasteiger partial charge >= 0.3 is 5.97 Å². The first-order valence-corrected chi connectivity index (χ1v) is 7.55. The van der Waals surface area contributed by atoms with Crippen LogP contribution in [0.15, 0.2) is 18.2 Å². The monoisotopic (exact) mass is 286 g/mol. The Balaban J connectivity index is 2.15. The molecule has 112 valence electrons. The Kier molecular flexibility index (Phi) is 3.72. The van der Waals surface area contributed by atoms with Gasteiger partial charge < -0.3 is 14.2 Å². The average molecular weight is 286 g/mol. The predicted octanol–water partition coefficient (Wildman–Crippen LogP) is 2.50. The Bertz CT molecular complexity index is 688. The Morgan fingerprint density at radius 2 is 2.19 bits per heavy atom. The third-order valence-electron chi connectivity index (χ3n) is 4.27. The fourth-order valence-corrected chi connectivity index (χ4v) is 3.33. The van der Waals surface area contributed by atoms with Crippen molar-refractivity contribution in [2.45, 2.75) is 33.4 Å². The zero-order valence-electron chi connectivity index (χ0n) is 13.0. The highest BCUT2D eigenvalue weighted by molar-refractivity contribution is 5.90. The molecule has 4 heteroatoms. The van der Waals surface area contributed by atoms with Crippen LogP contribution in [0.2, 0.25) is 0 Å². The van der Waals surface area contributed by atoms with Gasteiger partial charge in [0.1, 0.15) is 6.54 Å². The third kappa shape index (κ3) is 2.44. The second kappa shape index (κ2) is 5.53.